The van der Waals surface area contributed by atoms with E-state index >= 15 is 0 Å². The largest absolute Gasteiger partial charge is 0.488 e. The quantitative estimate of drug-likeness (QED) is 0.909. The lowest BCUT2D eigenvalue weighted by Gasteiger charge is -2.18. The molecule has 0 spiro atoms. The van der Waals surface area contributed by atoms with Gasteiger partial charge in [-0.2, -0.15) is 0 Å². The summed E-state index contributed by atoms with van der Waals surface area (Å²) in [7, 11) is 0. The van der Waals surface area contributed by atoms with Crippen molar-refractivity contribution in [3.05, 3.63) is 29.6 Å². The Hall–Kier alpha value is -1.58. The Morgan fingerprint density at radius 2 is 2.00 bits per heavy atom. The highest BCUT2D eigenvalue weighted by Gasteiger charge is 2.20. The van der Waals surface area contributed by atoms with Crippen LogP contribution in [-0.2, 0) is 11.3 Å². The van der Waals surface area contributed by atoms with Crippen molar-refractivity contribution in [2.24, 2.45) is 5.41 Å². The summed E-state index contributed by atoms with van der Waals surface area (Å²) in [6.07, 6.45) is -0.0686. The molecule has 1 aromatic rings. The lowest BCUT2D eigenvalue weighted by molar-refractivity contribution is -0.128. The van der Waals surface area contributed by atoms with Crippen molar-refractivity contribution >= 4 is 5.91 Å². The number of hydrogen-bond donors (Lipinski definition) is 1. The van der Waals surface area contributed by atoms with Crippen LogP contribution in [0.3, 0.4) is 0 Å². The first kappa shape index (κ1) is 15.5. The molecule has 0 bridgehead atoms. The monoisotopic (exact) mass is 267 g/mol. The molecule has 0 aromatic heterocycles. The van der Waals surface area contributed by atoms with Gasteiger partial charge in [-0.1, -0.05) is 26.8 Å². The molecule has 0 heterocycles. The molecule has 0 fully saturated rings. The van der Waals surface area contributed by atoms with Crippen LogP contribution in [0.4, 0.5) is 4.39 Å². The van der Waals surface area contributed by atoms with E-state index in [0.29, 0.717) is 12.1 Å². The van der Waals surface area contributed by atoms with E-state index in [-0.39, 0.29) is 17.8 Å². The van der Waals surface area contributed by atoms with E-state index in [1.165, 1.54) is 6.07 Å². The molecule has 0 atom stereocenters. The fourth-order valence-corrected chi connectivity index (χ4v) is 1.45. The minimum atomic E-state index is -0.445. The SMILES string of the molecule is CC(C)Oc1ccc(CNC(=O)C(C)(C)C)cc1F. The van der Waals surface area contributed by atoms with Crippen molar-refractivity contribution in [2.45, 2.75) is 47.3 Å². The van der Waals surface area contributed by atoms with Crippen molar-refractivity contribution in [1.29, 1.82) is 0 Å². The van der Waals surface area contributed by atoms with E-state index in [1.54, 1.807) is 12.1 Å². The second-order valence-electron chi connectivity index (χ2n) is 5.86. The predicted molar refractivity (Wildman–Crippen MR) is 73.5 cm³/mol. The summed E-state index contributed by atoms with van der Waals surface area (Å²) in [6, 6.07) is 4.73. The van der Waals surface area contributed by atoms with Crippen molar-refractivity contribution < 1.29 is 13.9 Å². The van der Waals surface area contributed by atoms with Gasteiger partial charge in [0.05, 0.1) is 6.10 Å². The van der Waals surface area contributed by atoms with Crippen LogP contribution in [-0.4, -0.2) is 12.0 Å². The Morgan fingerprint density at radius 3 is 2.47 bits per heavy atom. The van der Waals surface area contributed by atoms with Gasteiger partial charge in [0.1, 0.15) is 0 Å². The van der Waals surface area contributed by atoms with E-state index in [4.69, 9.17) is 4.74 Å². The van der Waals surface area contributed by atoms with Gasteiger partial charge in [0.2, 0.25) is 5.91 Å². The number of carbonyl (C=O) groups excluding carboxylic acids is 1. The van der Waals surface area contributed by atoms with Gasteiger partial charge in [0, 0.05) is 12.0 Å². The molecular formula is C15H22FNO2. The lowest BCUT2D eigenvalue weighted by atomic mass is 9.95. The number of halogens is 1. The van der Waals surface area contributed by atoms with Gasteiger partial charge in [-0.05, 0) is 31.5 Å². The minimum Gasteiger partial charge on any atom is -0.488 e. The zero-order chi connectivity index (χ0) is 14.6. The third-order valence-corrected chi connectivity index (χ3v) is 2.49. The Balaban J connectivity index is 2.67. The minimum absolute atomic E-state index is 0.0598. The molecule has 0 unspecified atom stereocenters. The van der Waals surface area contributed by atoms with Crippen LogP contribution in [0.15, 0.2) is 18.2 Å². The molecule has 0 saturated heterocycles. The Bertz CT molecular complexity index is 450. The van der Waals surface area contributed by atoms with Crippen LogP contribution < -0.4 is 10.1 Å². The topological polar surface area (TPSA) is 38.3 Å². The standard InChI is InChI=1S/C15H22FNO2/c1-10(2)19-13-7-6-11(8-12(13)16)9-17-14(18)15(3,4)5/h6-8,10H,9H2,1-5H3,(H,17,18). The smallest absolute Gasteiger partial charge is 0.225 e. The highest BCUT2D eigenvalue weighted by molar-refractivity contribution is 5.81. The lowest BCUT2D eigenvalue weighted by Crippen LogP contribution is -2.34. The number of nitrogens with one attached hydrogen (secondary N) is 1. The molecule has 1 N–H and O–H groups in total. The van der Waals surface area contributed by atoms with E-state index in [1.807, 2.05) is 34.6 Å². The van der Waals surface area contributed by atoms with Gasteiger partial charge in [-0.25, -0.2) is 4.39 Å². The van der Waals surface area contributed by atoms with Crippen molar-refractivity contribution in [3.63, 3.8) is 0 Å². The number of benzene rings is 1. The Kier molecular flexibility index (Phi) is 4.92. The summed E-state index contributed by atoms with van der Waals surface area (Å²) < 4.78 is 19.0. The fourth-order valence-electron chi connectivity index (χ4n) is 1.45. The second-order valence-corrected chi connectivity index (χ2v) is 5.86. The maximum Gasteiger partial charge on any atom is 0.225 e. The highest BCUT2D eigenvalue weighted by atomic mass is 19.1. The molecule has 0 radical (unpaired) electrons. The van der Waals surface area contributed by atoms with Crippen LogP contribution >= 0.6 is 0 Å². The van der Waals surface area contributed by atoms with Crippen LogP contribution in [0, 0.1) is 11.2 Å². The summed E-state index contributed by atoms with van der Waals surface area (Å²) in [6.45, 7) is 9.51. The molecule has 1 amide bonds. The fraction of sp³-hybridized carbons (Fsp3) is 0.533. The van der Waals surface area contributed by atoms with Crippen molar-refractivity contribution in [1.82, 2.24) is 5.32 Å². The normalized spacial score (nSPS) is 11.5. The van der Waals surface area contributed by atoms with Gasteiger partial charge in [0.25, 0.3) is 0 Å². The van der Waals surface area contributed by atoms with Crippen LogP contribution in [0.1, 0.15) is 40.2 Å². The van der Waals surface area contributed by atoms with Crippen LogP contribution in [0.2, 0.25) is 0 Å². The third kappa shape index (κ3) is 4.89. The van der Waals surface area contributed by atoms with Crippen LogP contribution in [0.5, 0.6) is 5.75 Å². The Morgan fingerprint density at radius 1 is 1.37 bits per heavy atom. The van der Waals surface area contributed by atoms with Gasteiger partial charge in [-0.3, -0.25) is 4.79 Å². The molecule has 4 heteroatoms. The molecule has 3 nitrogen and oxygen atoms in total. The maximum atomic E-state index is 13.7. The first-order chi connectivity index (χ1) is 8.70. The number of hydrogen-bond acceptors (Lipinski definition) is 2. The van der Waals surface area contributed by atoms with Crippen LogP contribution in [0.25, 0.3) is 0 Å². The number of rotatable bonds is 4. The summed E-state index contributed by atoms with van der Waals surface area (Å²) in [5, 5.41) is 2.78. The van der Waals surface area contributed by atoms with E-state index in [0.717, 1.165) is 0 Å². The number of amides is 1. The summed E-state index contributed by atoms with van der Waals surface area (Å²) in [5.41, 5.74) is 0.269. The van der Waals surface area contributed by atoms with E-state index in [2.05, 4.69) is 5.32 Å². The molecule has 1 rings (SSSR count). The summed E-state index contributed by atoms with van der Waals surface area (Å²) >= 11 is 0. The molecule has 1 aromatic carbocycles. The molecule has 0 saturated carbocycles. The summed E-state index contributed by atoms with van der Waals surface area (Å²) in [4.78, 5) is 11.7. The average Bonchev–Trinajstić information content (AvgIpc) is 2.27. The first-order valence-corrected chi connectivity index (χ1v) is 6.43. The third-order valence-electron chi connectivity index (χ3n) is 2.49. The van der Waals surface area contributed by atoms with E-state index in [9.17, 15) is 9.18 Å². The second kappa shape index (κ2) is 6.04. The number of carbonyl (C=O) groups is 1. The molecule has 19 heavy (non-hydrogen) atoms. The zero-order valence-electron chi connectivity index (χ0n) is 12.2. The van der Waals surface area contributed by atoms with Gasteiger partial charge in [-0.15, -0.1) is 0 Å². The molecule has 106 valence electrons. The van der Waals surface area contributed by atoms with Crippen molar-refractivity contribution in [2.75, 3.05) is 0 Å². The maximum absolute atomic E-state index is 13.7. The first-order valence-electron chi connectivity index (χ1n) is 6.43. The predicted octanol–water partition coefficient (Wildman–Crippen LogP) is 3.28. The van der Waals surface area contributed by atoms with Gasteiger partial charge < -0.3 is 10.1 Å². The molecule has 0 aliphatic rings. The van der Waals surface area contributed by atoms with Crippen molar-refractivity contribution in [3.8, 4) is 5.75 Å². The number of ether oxygens (including phenoxy) is 1. The van der Waals surface area contributed by atoms with Gasteiger partial charge in [0.15, 0.2) is 11.6 Å². The highest BCUT2D eigenvalue weighted by Crippen LogP contribution is 2.20. The zero-order valence-corrected chi connectivity index (χ0v) is 12.2. The molecule has 0 aliphatic heterocycles. The van der Waals surface area contributed by atoms with E-state index < -0.39 is 11.2 Å². The van der Waals surface area contributed by atoms with Gasteiger partial charge >= 0.3 is 0 Å². The summed E-state index contributed by atoms with van der Waals surface area (Å²) in [5.74, 6) is -0.229. The molecule has 0 aliphatic carbocycles. The Labute approximate surface area is 114 Å². The molecular weight excluding hydrogens is 245 g/mol. The average molecular weight is 267 g/mol.